The molecular weight excluding hydrogens is 390 g/mol. The molecule has 2 atom stereocenters. The molecule has 168 valence electrons. The predicted octanol–water partition coefficient (Wildman–Crippen LogP) is 3.94. The number of aromatic nitrogens is 1. The van der Waals surface area contributed by atoms with Gasteiger partial charge >= 0.3 is 0 Å². The standard InChI is InChI=1S/C25H35N3O3/c1-17-6-8-21(9-7-17)25-27-23(20(4)31-25)13-22(29)14-24(30)26-10-5-11-28-15-18(2)12-19(3)16-28/h6-9,18-19H,5,10-16H2,1-4H3,(H,26,30). The Morgan fingerprint density at radius 3 is 2.48 bits per heavy atom. The number of ketones is 1. The second-order valence-corrected chi connectivity index (χ2v) is 9.19. The summed E-state index contributed by atoms with van der Waals surface area (Å²) in [5, 5.41) is 2.88. The number of Topliss-reactive ketones (excluding diaryl/α,β-unsaturated/α-hetero) is 1. The van der Waals surface area contributed by atoms with E-state index in [4.69, 9.17) is 4.42 Å². The van der Waals surface area contributed by atoms with Gasteiger partial charge in [-0.3, -0.25) is 9.59 Å². The van der Waals surface area contributed by atoms with Crippen molar-refractivity contribution in [3.05, 3.63) is 41.3 Å². The minimum Gasteiger partial charge on any atom is -0.441 e. The lowest BCUT2D eigenvalue weighted by molar-refractivity contribution is -0.127. The summed E-state index contributed by atoms with van der Waals surface area (Å²) >= 11 is 0. The van der Waals surface area contributed by atoms with E-state index in [0.717, 1.165) is 49.0 Å². The topological polar surface area (TPSA) is 75.4 Å². The molecule has 1 aliphatic rings. The van der Waals surface area contributed by atoms with Crippen LogP contribution < -0.4 is 5.32 Å². The molecule has 0 radical (unpaired) electrons. The van der Waals surface area contributed by atoms with Crippen molar-refractivity contribution in [3.8, 4) is 11.5 Å². The molecule has 6 heteroatoms. The molecule has 0 spiro atoms. The summed E-state index contributed by atoms with van der Waals surface area (Å²) in [7, 11) is 0. The molecule has 1 N–H and O–H groups in total. The van der Waals surface area contributed by atoms with Crippen LogP contribution in [0.3, 0.4) is 0 Å². The molecule has 1 amide bonds. The average Bonchev–Trinajstić information content (AvgIpc) is 3.05. The molecule has 2 heterocycles. The van der Waals surface area contributed by atoms with Crippen LogP contribution in [-0.4, -0.2) is 47.8 Å². The van der Waals surface area contributed by atoms with Gasteiger partial charge in [0.05, 0.1) is 18.5 Å². The summed E-state index contributed by atoms with van der Waals surface area (Å²) in [6, 6.07) is 7.89. The Hall–Kier alpha value is -2.47. The maximum atomic E-state index is 12.4. The number of rotatable bonds is 9. The minimum atomic E-state index is -0.217. The fourth-order valence-electron chi connectivity index (χ4n) is 4.41. The second kappa shape index (κ2) is 10.7. The van der Waals surface area contributed by atoms with Gasteiger partial charge in [-0.25, -0.2) is 4.98 Å². The van der Waals surface area contributed by atoms with Crippen molar-refractivity contribution in [2.75, 3.05) is 26.2 Å². The van der Waals surface area contributed by atoms with E-state index in [1.807, 2.05) is 31.2 Å². The lowest BCUT2D eigenvalue weighted by Crippen LogP contribution is -2.40. The highest BCUT2D eigenvalue weighted by Crippen LogP contribution is 2.23. The molecule has 1 aliphatic heterocycles. The fraction of sp³-hybridized carbons (Fsp3) is 0.560. The maximum absolute atomic E-state index is 12.4. The van der Waals surface area contributed by atoms with Crippen molar-refractivity contribution in [2.24, 2.45) is 11.8 Å². The highest BCUT2D eigenvalue weighted by atomic mass is 16.4. The molecule has 2 unspecified atom stereocenters. The zero-order chi connectivity index (χ0) is 22.4. The molecule has 0 aliphatic carbocycles. The Morgan fingerprint density at radius 1 is 1.13 bits per heavy atom. The fourth-order valence-corrected chi connectivity index (χ4v) is 4.41. The van der Waals surface area contributed by atoms with Crippen molar-refractivity contribution in [1.29, 1.82) is 0 Å². The third kappa shape index (κ3) is 7.03. The third-order valence-corrected chi connectivity index (χ3v) is 5.83. The monoisotopic (exact) mass is 425 g/mol. The van der Waals surface area contributed by atoms with E-state index >= 15 is 0 Å². The molecule has 1 aromatic heterocycles. The highest BCUT2D eigenvalue weighted by Gasteiger charge is 2.21. The minimum absolute atomic E-state index is 0.109. The summed E-state index contributed by atoms with van der Waals surface area (Å²) in [4.78, 5) is 31.5. The Morgan fingerprint density at radius 2 is 1.81 bits per heavy atom. The first kappa shape index (κ1) is 23.2. The first-order valence-corrected chi connectivity index (χ1v) is 11.3. The third-order valence-electron chi connectivity index (χ3n) is 5.83. The number of carbonyl (C=O) groups is 2. The first-order chi connectivity index (χ1) is 14.8. The molecule has 6 nitrogen and oxygen atoms in total. The van der Waals surface area contributed by atoms with Crippen molar-refractivity contribution in [2.45, 2.75) is 53.4 Å². The van der Waals surface area contributed by atoms with Gasteiger partial charge in [0.1, 0.15) is 11.5 Å². The van der Waals surface area contributed by atoms with E-state index in [-0.39, 0.29) is 24.5 Å². The Balaban J connectivity index is 1.40. The van der Waals surface area contributed by atoms with Gasteiger partial charge in [-0.2, -0.15) is 0 Å². The average molecular weight is 426 g/mol. The first-order valence-electron chi connectivity index (χ1n) is 11.3. The number of carbonyl (C=O) groups excluding carboxylic acids is 2. The van der Waals surface area contributed by atoms with Crippen molar-refractivity contribution >= 4 is 11.7 Å². The lowest BCUT2D eigenvalue weighted by atomic mass is 9.92. The number of likely N-dealkylation sites (tertiary alicyclic amines) is 1. The molecule has 1 fully saturated rings. The summed E-state index contributed by atoms with van der Waals surface area (Å²) in [6.07, 6.45) is 2.19. The van der Waals surface area contributed by atoms with Crippen LogP contribution in [0.15, 0.2) is 28.7 Å². The molecule has 1 aromatic carbocycles. The van der Waals surface area contributed by atoms with Crippen LogP contribution in [0.2, 0.25) is 0 Å². The van der Waals surface area contributed by atoms with Crippen LogP contribution >= 0.6 is 0 Å². The van der Waals surface area contributed by atoms with Crippen LogP contribution in [-0.2, 0) is 16.0 Å². The molecular formula is C25H35N3O3. The van der Waals surface area contributed by atoms with Crippen LogP contribution in [0.4, 0.5) is 0 Å². The molecule has 2 aromatic rings. The van der Waals surface area contributed by atoms with Gasteiger partial charge in [-0.1, -0.05) is 31.5 Å². The van der Waals surface area contributed by atoms with E-state index < -0.39 is 0 Å². The maximum Gasteiger partial charge on any atom is 0.227 e. The van der Waals surface area contributed by atoms with Gasteiger partial charge in [0.25, 0.3) is 0 Å². The number of amides is 1. The predicted molar refractivity (Wildman–Crippen MR) is 122 cm³/mol. The number of nitrogens with one attached hydrogen (secondary N) is 1. The van der Waals surface area contributed by atoms with Gasteiger partial charge < -0.3 is 14.6 Å². The van der Waals surface area contributed by atoms with E-state index in [9.17, 15) is 9.59 Å². The number of nitrogens with zero attached hydrogens (tertiary/aromatic N) is 2. The molecule has 3 rings (SSSR count). The number of hydrogen-bond acceptors (Lipinski definition) is 5. The van der Waals surface area contributed by atoms with Crippen molar-refractivity contribution < 1.29 is 14.0 Å². The summed E-state index contributed by atoms with van der Waals surface area (Å²) in [5.74, 6) is 2.23. The van der Waals surface area contributed by atoms with Crippen LogP contribution in [0.25, 0.3) is 11.5 Å². The lowest BCUT2D eigenvalue weighted by Gasteiger charge is -2.34. The number of benzene rings is 1. The number of oxazole rings is 1. The van der Waals surface area contributed by atoms with Gasteiger partial charge in [-0.15, -0.1) is 0 Å². The molecule has 0 bridgehead atoms. The zero-order valence-electron chi connectivity index (χ0n) is 19.2. The Kier molecular flexibility index (Phi) is 8.02. The van der Waals surface area contributed by atoms with E-state index in [0.29, 0.717) is 23.9 Å². The Bertz CT molecular complexity index is 878. The zero-order valence-corrected chi connectivity index (χ0v) is 19.2. The Labute approximate surface area is 185 Å². The quantitative estimate of drug-likeness (QED) is 0.486. The van der Waals surface area contributed by atoms with E-state index in [1.165, 1.54) is 6.42 Å². The normalized spacial score (nSPS) is 19.4. The van der Waals surface area contributed by atoms with Crippen molar-refractivity contribution in [3.63, 3.8) is 0 Å². The largest absolute Gasteiger partial charge is 0.441 e. The smallest absolute Gasteiger partial charge is 0.227 e. The van der Waals surface area contributed by atoms with E-state index in [2.05, 4.69) is 29.0 Å². The SMILES string of the molecule is Cc1ccc(-c2nc(CC(=O)CC(=O)NCCCN3CC(C)CC(C)C3)c(C)o2)cc1. The number of hydrogen-bond donors (Lipinski definition) is 1. The van der Waals surface area contributed by atoms with Gasteiger partial charge in [0.15, 0.2) is 0 Å². The van der Waals surface area contributed by atoms with Gasteiger partial charge in [0.2, 0.25) is 11.8 Å². The van der Waals surface area contributed by atoms with E-state index in [1.54, 1.807) is 6.92 Å². The summed E-state index contributed by atoms with van der Waals surface area (Å²) < 4.78 is 5.73. The number of aryl methyl sites for hydroxylation is 2. The number of piperidine rings is 1. The molecule has 31 heavy (non-hydrogen) atoms. The van der Waals surface area contributed by atoms with Crippen LogP contribution in [0, 0.1) is 25.7 Å². The molecule has 1 saturated heterocycles. The second-order valence-electron chi connectivity index (χ2n) is 9.19. The van der Waals surface area contributed by atoms with Crippen LogP contribution in [0.1, 0.15) is 50.1 Å². The van der Waals surface area contributed by atoms with Gasteiger partial charge in [0, 0.05) is 25.2 Å². The highest BCUT2D eigenvalue weighted by molar-refractivity contribution is 5.98. The van der Waals surface area contributed by atoms with Crippen molar-refractivity contribution in [1.82, 2.24) is 15.2 Å². The summed E-state index contributed by atoms with van der Waals surface area (Å²) in [5.41, 5.74) is 2.64. The summed E-state index contributed by atoms with van der Waals surface area (Å²) in [6.45, 7) is 12.3. The van der Waals surface area contributed by atoms with Crippen LogP contribution in [0.5, 0.6) is 0 Å². The molecule has 0 saturated carbocycles. The van der Waals surface area contributed by atoms with Gasteiger partial charge in [-0.05, 0) is 57.2 Å².